The number of aliphatic hydroxyl groups is 1. The van der Waals surface area contributed by atoms with Crippen LogP contribution in [0, 0.1) is 0 Å². The molecule has 4 atom stereocenters. The lowest BCUT2D eigenvalue weighted by Gasteiger charge is -2.14. The predicted molar refractivity (Wildman–Crippen MR) is 114 cm³/mol. The molecule has 4 rings (SSSR count). The number of nitrogens with one attached hydrogen (secondary N) is 3. The van der Waals surface area contributed by atoms with E-state index in [1.807, 2.05) is 0 Å². The summed E-state index contributed by atoms with van der Waals surface area (Å²) in [5.74, 6) is 0.250. The van der Waals surface area contributed by atoms with Gasteiger partial charge < -0.3 is 31.2 Å². The van der Waals surface area contributed by atoms with Gasteiger partial charge in [0.05, 0.1) is 37.1 Å². The number of amides is 1. The molecule has 170 valence electrons. The monoisotopic (exact) mass is 461 g/mol. The van der Waals surface area contributed by atoms with Crippen LogP contribution in [0.2, 0.25) is 0 Å². The smallest absolute Gasteiger partial charge is 0.237 e. The Morgan fingerprint density at radius 2 is 2.28 bits per heavy atom. The minimum atomic E-state index is -0.707. The summed E-state index contributed by atoms with van der Waals surface area (Å²) in [6, 6.07) is -0.677. The quantitative estimate of drug-likeness (QED) is 0.196. The number of imidazole rings is 2. The molecule has 0 spiro atoms. The molecular formula is C18H24N9O4P. The Morgan fingerprint density at radius 1 is 1.41 bits per heavy atom. The van der Waals surface area contributed by atoms with Crippen molar-refractivity contribution in [3.63, 3.8) is 0 Å². The van der Waals surface area contributed by atoms with Crippen molar-refractivity contribution in [1.29, 1.82) is 0 Å². The number of aromatic amines is 1. The van der Waals surface area contributed by atoms with Crippen molar-refractivity contribution in [3.05, 3.63) is 30.9 Å². The summed E-state index contributed by atoms with van der Waals surface area (Å²) in [5, 5.41) is 16.0. The second-order valence-corrected chi connectivity index (χ2v) is 8.02. The molecule has 0 aromatic carbocycles. The third kappa shape index (κ3) is 4.91. The highest BCUT2D eigenvalue weighted by atomic mass is 31.1. The van der Waals surface area contributed by atoms with Gasteiger partial charge in [-0.3, -0.25) is 13.9 Å². The Bertz CT molecular complexity index is 1060. The Labute approximate surface area is 184 Å². The Hall–Kier alpha value is -2.99. The number of nitrogens with two attached hydrogens (primary N) is 1. The lowest BCUT2D eigenvalue weighted by Crippen LogP contribution is -2.43. The molecule has 1 amide bonds. The van der Waals surface area contributed by atoms with Crippen molar-refractivity contribution >= 4 is 31.3 Å². The van der Waals surface area contributed by atoms with Gasteiger partial charge in [0.25, 0.3) is 0 Å². The van der Waals surface area contributed by atoms with Crippen molar-refractivity contribution in [2.45, 2.75) is 37.3 Å². The molecule has 1 saturated heterocycles. The van der Waals surface area contributed by atoms with Gasteiger partial charge in [-0.1, -0.05) is 0 Å². The van der Waals surface area contributed by atoms with Gasteiger partial charge in [-0.2, -0.15) is 0 Å². The number of carbonyl (C=O) groups excluding carboxylic acids is 1. The Morgan fingerprint density at radius 3 is 3.06 bits per heavy atom. The topological polar surface area (TPSA) is 186 Å². The highest BCUT2D eigenvalue weighted by molar-refractivity contribution is 7.23. The zero-order valence-corrected chi connectivity index (χ0v) is 18.0. The third-order valence-electron chi connectivity index (χ3n) is 5.18. The summed E-state index contributed by atoms with van der Waals surface area (Å²) in [7, 11) is -0.0751. The van der Waals surface area contributed by atoms with Crippen molar-refractivity contribution in [1.82, 2.24) is 34.8 Å². The fourth-order valence-electron chi connectivity index (χ4n) is 3.54. The minimum Gasteiger partial charge on any atom is -0.390 e. The summed E-state index contributed by atoms with van der Waals surface area (Å²) in [5.41, 5.74) is 7.80. The predicted octanol–water partition coefficient (Wildman–Crippen LogP) is -0.412. The molecule has 0 bridgehead atoms. The first-order valence-corrected chi connectivity index (χ1v) is 11.1. The number of fused-ring (bicyclic) bond motifs is 1. The average Bonchev–Trinajstić information content (AvgIpc) is 3.52. The first-order valence-electron chi connectivity index (χ1n) is 10.1. The number of aromatic nitrogens is 6. The number of hydrogen-bond acceptors (Lipinski definition) is 10. The highest BCUT2D eigenvalue weighted by Crippen LogP contribution is 2.32. The lowest BCUT2D eigenvalue weighted by molar-refractivity contribution is -0.122. The Kier molecular flexibility index (Phi) is 7.00. The molecule has 3 aromatic heterocycles. The lowest BCUT2D eigenvalue weighted by atomic mass is 10.1. The van der Waals surface area contributed by atoms with Crippen LogP contribution in [0.25, 0.3) is 11.2 Å². The molecule has 32 heavy (non-hydrogen) atoms. The van der Waals surface area contributed by atoms with Crippen LogP contribution in [0.4, 0.5) is 5.82 Å². The van der Waals surface area contributed by atoms with E-state index in [9.17, 15) is 14.5 Å². The van der Waals surface area contributed by atoms with E-state index >= 15 is 0 Å². The summed E-state index contributed by atoms with van der Waals surface area (Å²) in [6.07, 6.45) is 5.44. The minimum absolute atomic E-state index is 0.0751. The van der Waals surface area contributed by atoms with Gasteiger partial charge in [0.1, 0.15) is 12.6 Å². The standard InChI is InChI=1S/C18H24N9O4P/c19-11(3-10-5-20-7-23-10)18(29)22-2-1-21-16-15-17(25-8-24-16)27(9-26-15)14-4-12(28)13(31-14)6-32-30/h5,7-9,11-14,28H,1-4,6,19H2,(H,20,23)(H,22,29)(H,21,24,25). The van der Waals surface area contributed by atoms with Gasteiger partial charge in [-0.25, -0.2) is 19.9 Å². The first kappa shape index (κ1) is 22.2. The van der Waals surface area contributed by atoms with E-state index in [2.05, 4.69) is 35.6 Å². The van der Waals surface area contributed by atoms with E-state index in [1.54, 1.807) is 23.4 Å². The first-order chi connectivity index (χ1) is 15.6. The van der Waals surface area contributed by atoms with Crippen LogP contribution in [-0.4, -0.2) is 78.0 Å². The summed E-state index contributed by atoms with van der Waals surface area (Å²) < 4.78 is 18.4. The molecule has 6 N–H and O–H groups in total. The number of hydrogen-bond donors (Lipinski definition) is 5. The van der Waals surface area contributed by atoms with Crippen molar-refractivity contribution < 1.29 is 19.2 Å². The van der Waals surface area contributed by atoms with E-state index in [-0.39, 0.29) is 20.5 Å². The van der Waals surface area contributed by atoms with Crippen molar-refractivity contribution in [2.24, 2.45) is 5.73 Å². The van der Waals surface area contributed by atoms with Gasteiger partial charge in [0, 0.05) is 37.8 Å². The average molecular weight is 461 g/mol. The number of rotatable bonds is 10. The molecule has 0 radical (unpaired) electrons. The van der Waals surface area contributed by atoms with Crippen LogP contribution < -0.4 is 16.4 Å². The van der Waals surface area contributed by atoms with Gasteiger partial charge in [-0.05, 0) is 0 Å². The number of aliphatic hydroxyl groups excluding tert-OH is 1. The van der Waals surface area contributed by atoms with Crippen LogP contribution in [0.3, 0.4) is 0 Å². The molecule has 3 aromatic rings. The largest absolute Gasteiger partial charge is 0.390 e. The second kappa shape index (κ2) is 10.1. The number of H-pyrrole nitrogens is 1. The van der Waals surface area contributed by atoms with E-state index in [0.29, 0.717) is 42.9 Å². The molecule has 0 aliphatic carbocycles. The van der Waals surface area contributed by atoms with Gasteiger partial charge in [-0.15, -0.1) is 0 Å². The maximum atomic E-state index is 12.1. The highest BCUT2D eigenvalue weighted by Gasteiger charge is 2.35. The molecule has 0 saturated carbocycles. The van der Waals surface area contributed by atoms with Gasteiger partial charge in [0.2, 0.25) is 5.91 Å². The van der Waals surface area contributed by atoms with Crippen molar-refractivity contribution in [3.8, 4) is 0 Å². The van der Waals surface area contributed by atoms with Crippen molar-refractivity contribution in [2.75, 3.05) is 24.6 Å². The van der Waals surface area contributed by atoms with Gasteiger partial charge in [0.15, 0.2) is 25.4 Å². The van der Waals surface area contributed by atoms with E-state index in [0.717, 1.165) is 5.69 Å². The van der Waals surface area contributed by atoms with Crippen LogP contribution in [-0.2, 0) is 20.5 Å². The fraction of sp³-hybridized carbons (Fsp3) is 0.500. The third-order valence-corrected chi connectivity index (χ3v) is 5.68. The van der Waals surface area contributed by atoms with E-state index in [4.69, 9.17) is 10.5 Å². The van der Waals surface area contributed by atoms with Gasteiger partial charge >= 0.3 is 0 Å². The molecule has 1 fully saturated rings. The molecule has 4 heterocycles. The molecule has 13 nitrogen and oxygen atoms in total. The maximum absolute atomic E-state index is 12.1. The summed E-state index contributed by atoms with van der Waals surface area (Å²) in [4.78, 5) is 31.9. The molecule has 1 aliphatic rings. The summed E-state index contributed by atoms with van der Waals surface area (Å²) >= 11 is 0. The van der Waals surface area contributed by atoms with Crippen LogP contribution in [0.5, 0.6) is 0 Å². The number of ether oxygens (including phenoxy) is 1. The molecular weight excluding hydrogens is 437 g/mol. The normalized spacial score (nSPS) is 21.8. The Balaban J connectivity index is 1.32. The van der Waals surface area contributed by atoms with Crippen LogP contribution in [0.15, 0.2) is 25.2 Å². The maximum Gasteiger partial charge on any atom is 0.237 e. The van der Waals surface area contributed by atoms with E-state index < -0.39 is 24.5 Å². The van der Waals surface area contributed by atoms with Crippen LogP contribution >= 0.6 is 8.46 Å². The zero-order chi connectivity index (χ0) is 22.5. The number of nitrogens with zero attached hydrogens (tertiary/aromatic N) is 5. The fourth-order valence-corrected chi connectivity index (χ4v) is 4.02. The van der Waals surface area contributed by atoms with E-state index in [1.165, 1.54) is 6.33 Å². The SMILES string of the molecule is NC(Cc1cnc[nH]1)C(=O)NCCNc1ncnc2c1ncn2C1CC(O)C(CP=O)O1. The molecule has 4 unspecified atom stereocenters. The summed E-state index contributed by atoms with van der Waals surface area (Å²) in [6.45, 7) is 0.751. The number of anilines is 1. The van der Waals surface area contributed by atoms with Crippen LogP contribution in [0.1, 0.15) is 18.3 Å². The molecule has 14 heteroatoms. The second-order valence-electron chi connectivity index (χ2n) is 7.40. The molecule has 1 aliphatic heterocycles. The number of carbonyl (C=O) groups is 1. The zero-order valence-electron chi connectivity index (χ0n) is 17.1.